The van der Waals surface area contributed by atoms with Crippen LogP contribution in [0.25, 0.3) is 0 Å². The fourth-order valence-corrected chi connectivity index (χ4v) is 5.76. The van der Waals surface area contributed by atoms with E-state index >= 15 is 0 Å². The maximum Gasteiger partial charge on any atom is 0.338 e. The van der Waals surface area contributed by atoms with Crippen LogP contribution in [0.4, 0.5) is 0 Å². The van der Waals surface area contributed by atoms with Crippen LogP contribution < -0.4 is 0 Å². The van der Waals surface area contributed by atoms with E-state index in [1.165, 1.54) is 11.8 Å². The minimum atomic E-state index is -0.939. The molecule has 1 fully saturated rings. The zero-order chi connectivity index (χ0) is 28.6. The maximum atomic E-state index is 13.4. The van der Waals surface area contributed by atoms with Gasteiger partial charge in [-0.05, 0) is 55.8 Å². The first-order chi connectivity index (χ1) is 20.0. The first-order valence-electron chi connectivity index (χ1n) is 13.5. The average Bonchev–Trinajstić information content (AvgIpc) is 3.01. The molecule has 1 aliphatic heterocycles. The van der Waals surface area contributed by atoms with Crippen LogP contribution in [-0.4, -0.2) is 41.8 Å². The van der Waals surface area contributed by atoms with Crippen molar-refractivity contribution in [3.05, 3.63) is 138 Å². The molecule has 0 radical (unpaired) electrons. The van der Waals surface area contributed by atoms with Gasteiger partial charge in [-0.15, -0.1) is 0 Å². The molecule has 0 amide bonds. The zero-order valence-electron chi connectivity index (χ0n) is 22.9. The molecule has 6 nitrogen and oxygen atoms in total. The van der Waals surface area contributed by atoms with E-state index in [0.29, 0.717) is 11.1 Å². The Hall–Kier alpha value is -3.91. The number of rotatable bonds is 9. The summed E-state index contributed by atoms with van der Waals surface area (Å²) < 4.78 is 25.1. The van der Waals surface area contributed by atoms with E-state index in [1.807, 2.05) is 80.6 Å². The van der Waals surface area contributed by atoms with Gasteiger partial charge in [-0.25, -0.2) is 9.59 Å². The molecule has 0 spiro atoms. The van der Waals surface area contributed by atoms with Crippen molar-refractivity contribution < 1.29 is 28.5 Å². The van der Waals surface area contributed by atoms with Crippen LogP contribution in [0.2, 0.25) is 0 Å². The maximum absolute atomic E-state index is 13.4. The van der Waals surface area contributed by atoms with Crippen LogP contribution >= 0.6 is 11.8 Å². The molecule has 0 unspecified atom stereocenters. The lowest BCUT2D eigenvalue weighted by molar-refractivity contribution is -0.211. The van der Waals surface area contributed by atoms with Gasteiger partial charge >= 0.3 is 11.9 Å². The Kier molecular flexibility index (Phi) is 9.51. The predicted molar refractivity (Wildman–Crippen MR) is 158 cm³/mol. The molecule has 4 aromatic rings. The molecule has 4 aromatic carbocycles. The van der Waals surface area contributed by atoms with E-state index in [4.69, 9.17) is 18.9 Å². The summed E-state index contributed by atoms with van der Waals surface area (Å²) >= 11 is 1.48. The molecule has 1 heterocycles. The number of thioether (sulfide) groups is 1. The molecule has 7 heteroatoms. The summed E-state index contributed by atoms with van der Waals surface area (Å²) in [7, 11) is 0. The van der Waals surface area contributed by atoms with E-state index in [1.54, 1.807) is 48.5 Å². The van der Waals surface area contributed by atoms with Crippen LogP contribution in [0.1, 0.15) is 38.8 Å². The molecule has 210 valence electrons. The van der Waals surface area contributed by atoms with Crippen molar-refractivity contribution in [1.29, 1.82) is 0 Å². The first kappa shape index (κ1) is 28.6. The number of carbonyl (C=O) groups is 2. The zero-order valence-corrected chi connectivity index (χ0v) is 23.7. The number of hydrogen-bond donors (Lipinski definition) is 0. The standard InChI is InChI=1S/C34H32O6S/c1-23-18-20-25(21-19-23)22-37-31-30(40-33(36)27-14-8-4-9-15-27)29(39-32(35)26-12-6-3-7-13-26)24(2)38-34(31)41-28-16-10-5-11-17-28/h3-21,24,29-31,34H,22H2,1-2H3/t24-,29+,30+,31-,34+/m0/s1. The second-order valence-electron chi connectivity index (χ2n) is 9.87. The Morgan fingerprint density at radius 2 is 1.20 bits per heavy atom. The SMILES string of the molecule is Cc1ccc(CO[C@H]2[C@H](OC(=O)c3ccccc3)[C@H](OC(=O)c3ccccc3)[C@H](C)O[C@@H]2Sc2ccccc2)cc1. The normalized spacial score (nSPS) is 22.0. The van der Waals surface area contributed by atoms with E-state index in [9.17, 15) is 9.59 Å². The molecule has 1 aliphatic rings. The number of carbonyl (C=O) groups excluding carboxylic acids is 2. The highest BCUT2D eigenvalue weighted by Gasteiger charge is 2.50. The van der Waals surface area contributed by atoms with Crippen molar-refractivity contribution in [2.24, 2.45) is 0 Å². The Morgan fingerprint density at radius 1 is 0.683 bits per heavy atom. The number of hydrogen-bond acceptors (Lipinski definition) is 7. The quantitative estimate of drug-likeness (QED) is 0.204. The monoisotopic (exact) mass is 568 g/mol. The predicted octanol–water partition coefficient (Wildman–Crippen LogP) is 6.87. The van der Waals surface area contributed by atoms with Gasteiger partial charge in [0.25, 0.3) is 0 Å². The molecule has 0 N–H and O–H groups in total. The molecule has 0 bridgehead atoms. The largest absolute Gasteiger partial charge is 0.452 e. The van der Waals surface area contributed by atoms with Crippen molar-refractivity contribution in [1.82, 2.24) is 0 Å². The highest BCUT2D eigenvalue weighted by molar-refractivity contribution is 7.99. The molecule has 5 atom stereocenters. The van der Waals surface area contributed by atoms with Gasteiger partial charge in [-0.3, -0.25) is 0 Å². The molecule has 0 aliphatic carbocycles. The summed E-state index contributed by atoms with van der Waals surface area (Å²) in [5, 5.41) is 0. The highest BCUT2D eigenvalue weighted by atomic mass is 32.2. The van der Waals surface area contributed by atoms with Crippen LogP contribution in [0.3, 0.4) is 0 Å². The van der Waals surface area contributed by atoms with Crippen LogP contribution in [-0.2, 0) is 25.6 Å². The van der Waals surface area contributed by atoms with Crippen LogP contribution in [0, 0.1) is 6.92 Å². The summed E-state index contributed by atoms with van der Waals surface area (Å²) in [4.78, 5) is 27.5. The number of esters is 2. The Labute approximate surface area is 244 Å². The number of aryl methyl sites for hydroxylation is 1. The Morgan fingerprint density at radius 3 is 1.76 bits per heavy atom. The van der Waals surface area contributed by atoms with Crippen LogP contribution in [0.5, 0.6) is 0 Å². The van der Waals surface area contributed by atoms with Crippen molar-refractivity contribution in [2.45, 2.75) is 55.2 Å². The second-order valence-corrected chi connectivity index (χ2v) is 11.0. The molecule has 5 rings (SSSR count). The third-order valence-electron chi connectivity index (χ3n) is 6.79. The number of ether oxygens (including phenoxy) is 4. The minimum Gasteiger partial charge on any atom is -0.452 e. The number of benzene rings is 4. The summed E-state index contributed by atoms with van der Waals surface area (Å²) in [6, 6.07) is 35.3. The summed E-state index contributed by atoms with van der Waals surface area (Å²) in [6.45, 7) is 4.10. The van der Waals surface area contributed by atoms with Gasteiger partial charge in [-0.2, -0.15) is 0 Å². The van der Waals surface area contributed by atoms with Gasteiger partial charge < -0.3 is 18.9 Å². The summed E-state index contributed by atoms with van der Waals surface area (Å²) in [5.41, 5.74) is 2.35. The lowest BCUT2D eigenvalue weighted by Crippen LogP contribution is -2.59. The van der Waals surface area contributed by atoms with E-state index in [-0.39, 0.29) is 6.61 Å². The molecular weight excluding hydrogens is 536 g/mol. The lowest BCUT2D eigenvalue weighted by atomic mass is 9.99. The van der Waals surface area contributed by atoms with E-state index in [0.717, 1.165) is 16.0 Å². The molecular formula is C34H32O6S. The summed E-state index contributed by atoms with van der Waals surface area (Å²) in [5.74, 6) is -1.06. The topological polar surface area (TPSA) is 71.1 Å². The Balaban J connectivity index is 1.48. The third-order valence-corrected chi connectivity index (χ3v) is 7.95. The van der Waals surface area contributed by atoms with Crippen molar-refractivity contribution in [2.75, 3.05) is 0 Å². The van der Waals surface area contributed by atoms with E-state index in [2.05, 4.69) is 0 Å². The van der Waals surface area contributed by atoms with Gasteiger partial charge in [0.1, 0.15) is 11.5 Å². The van der Waals surface area contributed by atoms with Gasteiger partial charge in [0.2, 0.25) is 0 Å². The Bertz CT molecular complexity index is 1410. The molecule has 0 saturated carbocycles. The van der Waals surface area contributed by atoms with Gasteiger partial charge in [0, 0.05) is 4.90 Å². The smallest absolute Gasteiger partial charge is 0.338 e. The van der Waals surface area contributed by atoms with Gasteiger partial charge in [-0.1, -0.05) is 96.2 Å². The molecule has 1 saturated heterocycles. The van der Waals surface area contributed by atoms with Crippen molar-refractivity contribution >= 4 is 23.7 Å². The lowest BCUT2D eigenvalue weighted by Gasteiger charge is -2.44. The molecule has 41 heavy (non-hydrogen) atoms. The van der Waals surface area contributed by atoms with Crippen LogP contribution in [0.15, 0.2) is 120 Å². The minimum absolute atomic E-state index is 0.257. The van der Waals surface area contributed by atoms with Gasteiger partial charge in [0.15, 0.2) is 12.2 Å². The average molecular weight is 569 g/mol. The third kappa shape index (κ3) is 7.44. The van der Waals surface area contributed by atoms with Gasteiger partial charge in [0.05, 0.1) is 23.8 Å². The first-order valence-corrected chi connectivity index (χ1v) is 14.4. The highest BCUT2D eigenvalue weighted by Crippen LogP contribution is 2.38. The van der Waals surface area contributed by atoms with Crippen molar-refractivity contribution in [3.8, 4) is 0 Å². The molecule has 0 aromatic heterocycles. The second kappa shape index (κ2) is 13.6. The summed E-state index contributed by atoms with van der Waals surface area (Å²) in [6.07, 6.45) is -3.19. The fourth-order valence-electron chi connectivity index (χ4n) is 4.58. The fraction of sp³-hybridized carbons (Fsp3) is 0.235. The van der Waals surface area contributed by atoms with Crippen molar-refractivity contribution in [3.63, 3.8) is 0 Å². The van der Waals surface area contributed by atoms with E-state index < -0.39 is 41.8 Å².